The number of quaternary nitrogens is 1. The van der Waals surface area contributed by atoms with Crippen molar-refractivity contribution in [3.63, 3.8) is 0 Å². The van der Waals surface area contributed by atoms with Gasteiger partial charge in [-0.3, -0.25) is 0 Å². The van der Waals surface area contributed by atoms with E-state index in [-0.39, 0.29) is 5.54 Å². The van der Waals surface area contributed by atoms with Crippen LogP contribution in [-0.2, 0) is 0 Å². The van der Waals surface area contributed by atoms with Crippen molar-refractivity contribution >= 4 is 0 Å². The lowest BCUT2D eigenvalue weighted by Gasteiger charge is -2.13. The van der Waals surface area contributed by atoms with Crippen molar-refractivity contribution in [1.82, 2.24) is 0 Å². The van der Waals surface area contributed by atoms with Gasteiger partial charge in [-0.1, -0.05) is 96.8 Å². The molecular formula is C20H44N+. The molecular weight excluding hydrogens is 254 g/mol. The van der Waals surface area contributed by atoms with Crippen LogP contribution in [0.2, 0.25) is 0 Å². The van der Waals surface area contributed by atoms with Crippen molar-refractivity contribution in [1.29, 1.82) is 0 Å². The predicted octanol–water partition coefficient (Wildman–Crippen LogP) is 6.27. The van der Waals surface area contributed by atoms with Crippen LogP contribution in [0.15, 0.2) is 0 Å². The minimum Gasteiger partial charge on any atom is -0.353 e. The average molecular weight is 299 g/mol. The summed E-state index contributed by atoms with van der Waals surface area (Å²) in [4.78, 5) is 0. The van der Waals surface area contributed by atoms with Crippen LogP contribution in [-0.4, -0.2) is 5.54 Å². The van der Waals surface area contributed by atoms with Gasteiger partial charge in [-0.2, -0.15) is 0 Å². The summed E-state index contributed by atoms with van der Waals surface area (Å²) >= 11 is 0. The van der Waals surface area contributed by atoms with Gasteiger partial charge in [-0.15, -0.1) is 0 Å². The third-order valence-electron chi connectivity index (χ3n) is 4.46. The van der Waals surface area contributed by atoms with Gasteiger partial charge in [0, 0.05) is 6.42 Å². The van der Waals surface area contributed by atoms with Gasteiger partial charge in [0.1, 0.15) is 0 Å². The van der Waals surface area contributed by atoms with E-state index in [1.807, 2.05) is 0 Å². The minimum absolute atomic E-state index is 0.288. The zero-order chi connectivity index (χ0) is 15.8. The molecule has 0 spiro atoms. The third kappa shape index (κ3) is 20.0. The highest BCUT2D eigenvalue weighted by Gasteiger charge is 2.13. The van der Waals surface area contributed by atoms with Gasteiger partial charge < -0.3 is 5.73 Å². The van der Waals surface area contributed by atoms with E-state index < -0.39 is 0 Å². The lowest BCUT2D eigenvalue weighted by Crippen LogP contribution is -2.68. The van der Waals surface area contributed by atoms with Crippen LogP contribution in [0.5, 0.6) is 0 Å². The van der Waals surface area contributed by atoms with Crippen molar-refractivity contribution < 1.29 is 5.73 Å². The van der Waals surface area contributed by atoms with E-state index in [9.17, 15) is 0 Å². The van der Waals surface area contributed by atoms with Crippen LogP contribution in [0, 0.1) is 0 Å². The first-order chi connectivity index (χ1) is 10.1. The minimum atomic E-state index is 0.288. The maximum atomic E-state index is 4.17. The fraction of sp³-hybridized carbons (Fsp3) is 1.00. The first-order valence-electron chi connectivity index (χ1n) is 9.91. The van der Waals surface area contributed by atoms with Gasteiger partial charge in [0.05, 0.1) is 5.54 Å². The fourth-order valence-electron chi connectivity index (χ4n) is 2.97. The Morgan fingerprint density at radius 1 is 0.524 bits per heavy atom. The summed E-state index contributed by atoms with van der Waals surface area (Å²) in [6.45, 7) is 6.79. The molecule has 0 atom stereocenters. The Morgan fingerprint density at radius 2 is 0.810 bits per heavy atom. The van der Waals surface area contributed by atoms with Gasteiger partial charge in [-0.05, 0) is 20.3 Å². The van der Waals surface area contributed by atoms with Gasteiger partial charge in [-0.25, -0.2) is 0 Å². The van der Waals surface area contributed by atoms with E-state index >= 15 is 0 Å². The quantitative estimate of drug-likeness (QED) is 0.325. The number of hydrogen-bond acceptors (Lipinski definition) is 0. The Bertz CT molecular complexity index is 193. The van der Waals surface area contributed by atoms with Crippen molar-refractivity contribution in [2.45, 2.75) is 129 Å². The fourth-order valence-corrected chi connectivity index (χ4v) is 2.97. The molecule has 0 saturated carbocycles. The molecule has 0 bridgehead atoms. The second-order valence-electron chi connectivity index (χ2n) is 7.86. The molecule has 1 heteroatoms. The van der Waals surface area contributed by atoms with Crippen LogP contribution in [0.25, 0.3) is 0 Å². The summed E-state index contributed by atoms with van der Waals surface area (Å²) in [5.41, 5.74) is 4.46. The predicted molar refractivity (Wildman–Crippen MR) is 96.5 cm³/mol. The SMILES string of the molecule is CCCCCCCCCCCCCCCCCC(C)(C)[NH3+]. The van der Waals surface area contributed by atoms with E-state index in [1.165, 1.54) is 103 Å². The second-order valence-corrected chi connectivity index (χ2v) is 7.86. The first-order valence-corrected chi connectivity index (χ1v) is 9.91. The van der Waals surface area contributed by atoms with Gasteiger partial charge in [0.25, 0.3) is 0 Å². The summed E-state index contributed by atoms with van der Waals surface area (Å²) < 4.78 is 0. The van der Waals surface area contributed by atoms with Crippen molar-refractivity contribution in [2.75, 3.05) is 0 Å². The van der Waals surface area contributed by atoms with Crippen molar-refractivity contribution in [2.24, 2.45) is 0 Å². The molecule has 0 fully saturated rings. The monoisotopic (exact) mass is 298 g/mol. The highest BCUT2D eigenvalue weighted by atomic mass is 14.7. The average Bonchev–Trinajstić information content (AvgIpc) is 2.42. The summed E-state index contributed by atoms with van der Waals surface area (Å²) in [6, 6.07) is 0. The Hall–Kier alpha value is -0.0400. The van der Waals surface area contributed by atoms with Crippen molar-refractivity contribution in [3.05, 3.63) is 0 Å². The van der Waals surface area contributed by atoms with E-state index in [0.717, 1.165) is 0 Å². The highest BCUT2D eigenvalue weighted by Crippen LogP contribution is 2.14. The number of rotatable bonds is 16. The molecule has 0 aliphatic heterocycles. The van der Waals surface area contributed by atoms with Crippen LogP contribution < -0.4 is 5.73 Å². The van der Waals surface area contributed by atoms with E-state index in [4.69, 9.17) is 0 Å². The van der Waals surface area contributed by atoms with Gasteiger partial charge in [0.2, 0.25) is 0 Å². The summed E-state index contributed by atoms with van der Waals surface area (Å²) in [7, 11) is 0. The zero-order valence-corrected chi connectivity index (χ0v) is 15.5. The molecule has 0 radical (unpaired) electrons. The number of unbranched alkanes of at least 4 members (excludes halogenated alkanes) is 14. The molecule has 0 aliphatic carbocycles. The zero-order valence-electron chi connectivity index (χ0n) is 15.5. The molecule has 128 valence electrons. The van der Waals surface area contributed by atoms with Crippen LogP contribution in [0.4, 0.5) is 0 Å². The summed E-state index contributed by atoms with van der Waals surface area (Å²) in [5, 5.41) is 0. The third-order valence-corrected chi connectivity index (χ3v) is 4.46. The summed E-state index contributed by atoms with van der Waals surface area (Å²) in [6.07, 6.45) is 23.0. The normalized spacial score (nSPS) is 12.0. The Labute approximate surface area is 135 Å². The van der Waals surface area contributed by atoms with E-state index in [2.05, 4.69) is 26.5 Å². The smallest absolute Gasteiger partial charge is 0.0889 e. The van der Waals surface area contributed by atoms with Gasteiger partial charge >= 0.3 is 0 Å². The number of hydrogen-bond donors (Lipinski definition) is 1. The maximum absolute atomic E-state index is 4.17. The molecule has 0 aromatic carbocycles. The lowest BCUT2D eigenvalue weighted by molar-refractivity contribution is -0.467. The molecule has 0 aromatic rings. The summed E-state index contributed by atoms with van der Waals surface area (Å²) in [5.74, 6) is 0. The molecule has 21 heavy (non-hydrogen) atoms. The standard InChI is InChI=1S/C20H43N/c1-4-5-6-7-8-9-10-11-12-13-14-15-16-17-18-19-20(2,3)21/h4-19,21H2,1-3H3/p+1. The van der Waals surface area contributed by atoms with E-state index in [1.54, 1.807) is 0 Å². The topological polar surface area (TPSA) is 27.6 Å². The molecule has 0 aliphatic rings. The van der Waals surface area contributed by atoms with E-state index in [0.29, 0.717) is 0 Å². The van der Waals surface area contributed by atoms with Crippen LogP contribution in [0.1, 0.15) is 124 Å². The molecule has 0 rings (SSSR count). The highest BCUT2D eigenvalue weighted by molar-refractivity contribution is 4.62. The van der Waals surface area contributed by atoms with Crippen LogP contribution >= 0.6 is 0 Å². The van der Waals surface area contributed by atoms with Gasteiger partial charge in [0.15, 0.2) is 0 Å². The maximum Gasteiger partial charge on any atom is 0.0889 e. The largest absolute Gasteiger partial charge is 0.353 e. The first kappa shape index (κ1) is 21.0. The lowest BCUT2D eigenvalue weighted by atomic mass is 9.97. The van der Waals surface area contributed by atoms with Crippen LogP contribution in [0.3, 0.4) is 0 Å². The Morgan fingerprint density at radius 3 is 1.10 bits per heavy atom. The molecule has 1 nitrogen and oxygen atoms in total. The Balaban J connectivity index is 3.00. The molecule has 0 heterocycles. The molecule has 0 saturated heterocycles. The van der Waals surface area contributed by atoms with Crippen molar-refractivity contribution in [3.8, 4) is 0 Å². The molecule has 3 N–H and O–H groups in total. The molecule has 0 amide bonds. The second kappa shape index (κ2) is 14.9. The Kier molecular flexibility index (Phi) is 14.9. The molecule has 0 aromatic heterocycles. The molecule has 0 unspecified atom stereocenters.